The molecule has 0 saturated carbocycles. The molecule has 0 saturated heterocycles. The third-order valence-corrected chi connectivity index (χ3v) is 4.52. The second-order valence-corrected chi connectivity index (χ2v) is 10.8. The lowest BCUT2D eigenvalue weighted by molar-refractivity contribution is -0.154. The minimum atomic E-state index is -1.01. The van der Waals surface area contributed by atoms with Crippen molar-refractivity contribution >= 4 is 11.9 Å². The predicted octanol–water partition coefficient (Wildman–Crippen LogP) is 5.48. The number of ether oxygens (including phenoxy) is 2. The summed E-state index contributed by atoms with van der Waals surface area (Å²) in [6.07, 6.45) is 2.98. The molecule has 28 heavy (non-hydrogen) atoms. The molecule has 0 bridgehead atoms. The van der Waals surface area contributed by atoms with Crippen LogP contribution in [0.2, 0.25) is 0 Å². The lowest BCUT2D eigenvalue weighted by atomic mass is 9.66. The van der Waals surface area contributed by atoms with E-state index in [2.05, 4.69) is 55.0 Å². The molecule has 1 N–H and O–H groups in total. The minimum Gasteiger partial charge on any atom is -0.481 e. The van der Waals surface area contributed by atoms with Gasteiger partial charge in [0, 0.05) is 7.11 Å². The molecule has 0 aromatic heterocycles. The van der Waals surface area contributed by atoms with Crippen LogP contribution in [0.25, 0.3) is 0 Å². The van der Waals surface area contributed by atoms with Gasteiger partial charge in [-0.3, -0.25) is 9.59 Å². The maximum atomic E-state index is 12.3. The Labute approximate surface area is 171 Å². The van der Waals surface area contributed by atoms with Crippen LogP contribution in [0.4, 0.5) is 0 Å². The topological polar surface area (TPSA) is 72.8 Å². The van der Waals surface area contributed by atoms with Gasteiger partial charge in [-0.2, -0.15) is 0 Å². The van der Waals surface area contributed by atoms with Crippen molar-refractivity contribution < 1.29 is 24.2 Å². The van der Waals surface area contributed by atoms with Crippen molar-refractivity contribution in [1.82, 2.24) is 0 Å². The molecule has 0 rings (SSSR count). The number of hydrogen-bond acceptors (Lipinski definition) is 4. The Kier molecular flexibility index (Phi) is 10.5. The lowest BCUT2D eigenvalue weighted by Crippen LogP contribution is -2.28. The highest BCUT2D eigenvalue weighted by atomic mass is 16.6. The largest absolute Gasteiger partial charge is 0.481 e. The Hall–Kier alpha value is -1.36. The van der Waals surface area contributed by atoms with E-state index in [1.807, 2.05) is 0 Å². The Balaban J connectivity index is 4.93. The Morgan fingerprint density at radius 1 is 0.929 bits per heavy atom. The van der Waals surface area contributed by atoms with Gasteiger partial charge in [-0.1, -0.05) is 60.6 Å². The van der Waals surface area contributed by atoms with Gasteiger partial charge in [-0.05, 0) is 41.9 Å². The highest BCUT2D eigenvalue weighted by Gasteiger charge is 2.33. The number of carboxylic acid groups (broad SMARTS) is 1. The maximum absolute atomic E-state index is 12.3. The standard InChI is InChI=1S/C23H42O5/c1-17(12-18(13-19(24)25)20(26)28-11-10-27-9)14-22(5,6)16-23(7,8)15-21(2,3)4/h18H,1,10-16H2,2-9H3,(H,24,25). The van der Waals surface area contributed by atoms with E-state index in [0.29, 0.717) is 13.0 Å². The maximum Gasteiger partial charge on any atom is 0.309 e. The van der Waals surface area contributed by atoms with Gasteiger partial charge >= 0.3 is 11.9 Å². The predicted molar refractivity (Wildman–Crippen MR) is 113 cm³/mol. The van der Waals surface area contributed by atoms with Crippen LogP contribution in [0.3, 0.4) is 0 Å². The first kappa shape index (κ1) is 26.6. The molecule has 0 aromatic carbocycles. The van der Waals surface area contributed by atoms with Crippen molar-refractivity contribution in [2.24, 2.45) is 22.2 Å². The van der Waals surface area contributed by atoms with Gasteiger partial charge in [0.1, 0.15) is 6.61 Å². The van der Waals surface area contributed by atoms with Gasteiger partial charge in [-0.25, -0.2) is 0 Å². The summed E-state index contributed by atoms with van der Waals surface area (Å²) in [6.45, 7) is 20.4. The van der Waals surface area contributed by atoms with Gasteiger partial charge in [0.15, 0.2) is 0 Å². The summed E-state index contributed by atoms with van der Waals surface area (Å²) in [5, 5.41) is 9.15. The number of carboxylic acids is 1. The van der Waals surface area contributed by atoms with Crippen LogP contribution in [-0.4, -0.2) is 37.4 Å². The summed E-state index contributed by atoms with van der Waals surface area (Å²) in [5.74, 6) is -2.21. The summed E-state index contributed by atoms with van der Waals surface area (Å²) in [6, 6.07) is 0. The van der Waals surface area contributed by atoms with Crippen molar-refractivity contribution in [3.05, 3.63) is 12.2 Å². The number of methoxy groups -OCH3 is 1. The first-order valence-electron chi connectivity index (χ1n) is 10.1. The molecule has 0 radical (unpaired) electrons. The van der Waals surface area contributed by atoms with Crippen LogP contribution in [-0.2, 0) is 19.1 Å². The summed E-state index contributed by atoms with van der Waals surface area (Å²) in [5.41, 5.74) is 1.35. The van der Waals surface area contributed by atoms with Crippen LogP contribution in [0.5, 0.6) is 0 Å². The molecule has 5 heteroatoms. The molecule has 0 heterocycles. The molecule has 0 aliphatic heterocycles. The summed E-state index contributed by atoms with van der Waals surface area (Å²) >= 11 is 0. The van der Waals surface area contributed by atoms with E-state index in [1.165, 1.54) is 7.11 Å². The number of carbonyl (C=O) groups excluding carboxylic acids is 1. The molecule has 0 aliphatic rings. The normalized spacial score (nSPS) is 13.9. The first-order chi connectivity index (χ1) is 12.6. The first-order valence-corrected chi connectivity index (χ1v) is 10.1. The van der Waals surface area contributed by atoms with Crippen molar-refractivity contribution in [3.8, 4) is 0 Å². The van der Waals surface area contributed by atoms with Crippen LogP contribution >= 0.6 is 0 Å². The zero-order chi connectivity index (χ0) is 22.2. The van der Waals surface area contributed by atoms with Gasteiger partial charge in [0.2, 0.25) is 0 Å². The van der Waals surface area contributed by atoms with E-state index in [4.69, 9.17) is 14.6 Å². The Morgan fingerprint density at radius 3 is 1.96 bits per heavy atom. The van der Waals surface area contributed by atoms with Crippen LogP contribution in [0.15, 0.2) is 12.2 Å². The molecule has 0 fully saturated rings. The molecule has 0 aromatic rings. The van der Waals surface area contributed by atoms with Crippen molar-refractivity contribution in [2.45, 2.75) is 80.6 Å². The fraction of sp³-hybridized carbons (Fsp3) is 0.826. The smallest absolute Gasteiger partial charge is 0.309 e. The van der Waals surface area contributed by atoms with E-state index in [-0.39, 0.29) is 29.3 Å². The average Bonchev–Trinajstić information content (AvgIpc) is 2.41. The van der Waals surface area contributed by atoms with Crippen LogP contribution < -0.4 is 0 Å². The molecule has 1 unspecified atom stereocenters. The van der Waals surface area contributed by atoms with Crippen LogP contribution in [0, 0.1) is 22.2 Å². The second kappa shape index (κ2) is 11.0. The number of carbonyl (C=O) groups is 2. The fourth-order valence-electron chi connectivity index (χ4n) is 4.75. The molecular formula is C23H42O5. The molecular weight excluding hydrogens is 356 g/mol. The number of rotatable bonds is 13. The highest BCUT2D eigenvalue weighted by Crippen LogP contribution is 2.44. The van der Waals surface area contributed by atoms with Crippen molar-refractivity contribution in [2.75, 3.05) is 20.3 Å². The third kappa shape index (κ3) is 12.9. The molecule has 0 amide bonds. The van der Waals surface area contributed by atoms with E-state index >= 15 is 0 Å². The van der Waals surface area contributed by atoms with Crippen LogP contribution in [0.1, 0.15) is 80.6 Å². The van der Waals surface area contributed by atoms with Gasteiger partial charge in [-0.15, -0.1) is 0 Å². The third-order valence-electron chi connectivity index (χ3n) is 4.52. The van der Waals surface area contributed by atoms with Crippen molar-refractivity contribution in [1.29, 1.82) is 0 Å². The fourth-order valence-corrected chi connectivity index (χ4v) is 4.75. The van der Waals surface area contributed by atoms with Gasteiger partial charge in [0.25, 0.3) is 0 Å². The summed E-state index contributed by atoms with van der Waals surface area (Å²) in [7, 11) is 1.52. The lowest BCUT2D eigenvalue weighted by Gasteiger charge is -2.39. The number of hydrogen-bond donors (Lipinski definition) is 1. The SMILES string of the molecule is C=C(CC(CC(=O)O)C(=O)OCCOC)CC(C)(C)CC(C)(C)CC(C)(C)C. The van der Waals surface area contributed by atoms with Gasteiger partial charge < -0.3 is 14.6 Å². The zero-order valence-corrected chi connectivity index (χ0v) is 19.3. The quantitative estimate of drug-likeness (QED) is 0.252. The number of esters is 1. The highest BCUT2D eigenvalue weighted by molar-refractivity contribution is 5.79. The van der Waals surface area contributed by atoms with E-state index < -0.39 is 17.9 Å². The zero-order valence-electron chi connectivity index (χ0n) is 19.3. The minimum absolute atomic E-state index is 0.0135. The summed E-state index contributed by atoms with van der Waals surface area (Å²) < 4.78 is 10.0. The van der Waals surface area contributed by atoms with E-state index in [0.717, 1.165) is 24.8 Å². The number of allylic oxidation sites excluding steroid dienone is 1. The summed E-state index contributed by atoms with van der Waals surface area (Å²) in [4.78, 5) is 23.4. The van der Waals surface area contributed by atoms with E-state index in [1.54, 1.807) is 0 Å². The number of aliphatic carboxylic acids is 1. The molecule has 0 spiro atoms. The van der Waals surface area contributed by atoms with Gasteiger partial charge in [0.05, 0.1) is 18.9 Å². The average molecular weight is 399 g/mol. The molecule has 0 aliphatic carbocycles. The molecule has 5 nitrogen and oxygen atoms in total. The molecule has 164 valence electrons. The Bertz CT molecular complexity index is 526. The molecule has 1 atom stereocenters. The second-order valence-electron chi connectivity index (χ2n) is 10.8. The van der Waals surface area contributed by atoms with E-state index in [9.17, 15) is 9.59 Å². The Morgan fingerprint density at radius 2 is 1.50 bits per heavy atom. The van der Waals surface area contributed by atoms with Crippen molar-refractivity contribution in [3.63, 3.8) is 0 Å². The monoisotopic (exact) mass is 398 g/mol.